The van der Waals surface area contributed by atoms with Crippen molar-refractivity contribution in [2.45, 2.75) is 42.7 Å². The standard InChI is InChI=1S/C20H23ClF6N4O8P2S/c1-10(13-3-2-12(5-15(13)22)42(23,24,25,26)27)29-16-6-18(21)30-19-14(16)7-28-31(19)20-17(32)4-11(39-20)8-38-41(36,37)9-40(33,34)35/h2-3,5-7,10-11,17,20,32H,4,8-9H2,1H3,(H,29,30)(H,36,37)(H2,33,34,35)/t10-,11-,17+,20+/m0/s1. The Morgan fingerprint density at radius 1 is 1.21 bits per heavy atom. The zero-order valence-corrected chi connectivity index (χ0v) is 24.4. The van der Waals surface area contributed by atoms with Crippen molar-refractivity contribution in [1.82, 2.24) is 14.8 Å². The average molecular weight is 691 g/mol. The lowest BCUT2D eigenvalue weighted by molar-refractivity contribution is -0.0527. The van der Waals surface area contributed by atoms with E-state index in [0.29, 0.717) is 6.07 Å². The number of anilines is 1. The summed E-state index contributed by atoms with van der Waals surface area (Å²) in [5.74, 6) is -2.94. The number of aliphatic hydroxyl groups is 1. The van der Waals surface area contributed by atoms with E-state index in [1.54, 1.807) is 0 Å². The number of halogens is 7. The molecule has 3 heterocycles. The van der Waals surface area contributed by atoms with E-state index in [-0.39, 0.29) is 46.0 Å². The largest absolute Gasteiger partial charge is 0.388 e. The van der Waals surface area contributed by atoms with Crippen LogP contribution in [0.4, 0.5) is 29.5 Å². The molecule has 0 spiro atoms. The number of hydrogen-bond acceptors (Lipinski definition) is 8. The van der Waals surface area contributed by atoms with Gasteiger partial charge in [-0.3, -0.25) is 9.13 Å². The number of nitrogens with one attached hydrogen (secondary N) is 1. The SMILES string of the molecule is C[C@H](Nc1cc(Cl)nc2c1cnn2[C@@H]1O[C@H](COP(=O)(O)CP(=O)(O)O)C[C@H]1O)c1ccc(S(F)(F)(F)(F)F)cc1F. The number of ether oxygens (including phenoxy) is 1. The first kappa shape index (κ1) is 33.0. The minimum absolute atomic E-state index is 0.0221. The van der Waals surface area contributed by atoms with E-state index in [2.05, 4.69) is 15.4 Å². The van der Waals surface area contributed by atoms with Crippen LogP contribution in [0.3, 0.4) is 0 Å². The molecule has 5 N–H and O–H groups in total. The second-order valence-electron chi connectivity index (χ2n) is 9.53. The number of hydrogen-bond donors (Lipinski definition) is 5. The molecule has 22 heteroatoms. The molecule has 236 valence electrons. The second-order valence-corrected chi connectivity index (χ2v) is 16.3. The smallest absolute Gasteiger partial charge is 0.340 e. The molecule has 12 nitrogen and oxygen atoms in total. The van der Waals surface area contributed by atoms with Gasteiger partial charge >= 0.3 is 25.4 Å². The average Bonchev–Trinajstić information content (AvgIpc) is 3.37. The first-order valence-electron chi connectivity index (χ1n) is 11.6. The van der Waals surface area contributed by atoms with Crippen LogP contribution in [0.5, 0.6) is 0 Å². The van der Waals surface area contributed by atoms with Crippen molar-refractivity contribution in [3.8, 4) is 0 Å². The molecule has 0 amide bonds. The number of nitrogens with zero attached hydrogens (tertiary/aromatic N) is 3. The summed E-state index contributed by atoms with van der Waals surface area (Å²) in [5.41, 5.74) is -0.189. The molecule has 5 atom stereocenters. The molecule has 4 rings (SSSR count). The molecule has 2 aromatic heterocycles. The lowest BCUT2D eigenvalue weighted by atomic mass is 10.1. The van der Waals surface area contributed by atoms with E-state index >= 15 is 0 Å². The Morgan fingerprint density at radius 2 is 1.88 bits per heavy atom. The van der Waals surface area contributed by atoms with Gasteiger partial charge in [0.15, 0.2) is 17.8 Å². The quantitative estimate of drug-likeness (QED) is 0.0952. The molecule has 0 aliphatic carbocycles. The Hall–Kier alpha value is -1.92. The van der Waals surface area contributed by atoms with Crippen LogP contribution in [-0.4, -0.2) is 59.3 Å². The number of aromatic nitrogens is 3. The van der Waals surface area contributed by atoms with E-state index in [9.17, 15) is 42.9 Å². The Labute approximate surface area is 238 Å². The Morgan fingerprint density at radius 3 is 2.48 bits per heavy atom. The molecule has 0 bridgehead atoms. The third kappa shape index (κ3) is 7.77. The minimum atomic E-state index is -10.1. The van der Waals surface area contributed by atoms with Crippen LogP contribution in [0.2, 0.25) is 5.15 Å². The predicted molar refractivity (Wildman–Crippen MR) is 140 cm³/mol. The molecule has 1 fully saturated rings. The zero-order valence-electron chi connectivity index (χ0n) is 21.0. The second kappa shape index (κ2) is 10.3. The minimum Gasteiger partial charge on any atom is -0.388 e. The van der Waals surface area contributed by atoms with E-state index < -0.39 is 73.1 Å². The summed E-state index contributed by atoms with van der Waals surface area (Å²) in [7, 11) is -19.6. The number of pyridine rings is 1. The van der Waals surface area contributed by atoms with Crippen molar-refractivity contribution in [2.75, 3.05) is 17.8 Å². The number of fused-ring (bicyclic) bond motifs is 1. The summed E-state index contributed by atoms with van der Waals surface area (Å²) in [6.45, 7) is 0.745. The topological polar surface area (TPSA) is 176 Å². The molecule has 1 aliphatic heterocycles. The first-order chi connectivity index (χ1) is 18.9. The summed E-state index contributed by atoms with van der Waals surface area (Å²) < 4.78 is 114. The highest BCUT2D eigenvalue weighted by molar-refractivity contribution is 8.45. The van der Waals surface area contributed by atoms with E-state index in [1.807, 2.05) is 0 Å². The fraction of sp³-hybridized carbons (Fsp3) is 0.400. The molecular weight excluding hydrogens is 668 g/mol. The third-order valence-corrected chi connectivity index (χ3v) is 10.8. The molecule has 0 radical (unpaired) electrons. The van der Waals surface area contributed by atoms with Crippen LogP contribution < -0.4 is 5.32 Å². The molecule has 42 heavy (non-hydrogen) atoms. The number of aliphatic hydroxyl groups excluding tert-OH is 1. The molecule has 1 unspecified atom stereocenters. The molecule has 0 saturated carbocycles. The fourth-order valence-corrected chi connectivity index (χ4v) is 7.66. The summed E-state index contributed by atoms with van der Waals surface area (Å²) >= 11 is 6.12. The monoisotopic (exact) mass is 690 g/mol. The summed E-state index contributed by atoms with van der Waals surface area (Å²) in [5, 5.41) is 17.6. The van der Waals surface area contributed by atoms with Gasteiger partial charge in [-0.05, 0) is 25.1 Å². The molecule has 1 aromatic carbocycles. The number of rotatable bonds is 10. The van der Waals surface area contributed by atoms with Crippen molar-refractivity contribution in [3.05, 3.63) is 47.0 Å². The predicted octanol–water partition coefficient (Wildman–Crippen LogP) is 6.04. The molecule has 1 saturated heterocycles. The van der Waals surface area contributed by atoms with Crippen molar-refractivity contribution in [1.29, 1.82) is 0 Å². The summed E-state index contributed by atoms with van der Waals surface area (Å²) in [4.78, 5) is 29.2. The zero-order chi connectivity index (χ0) is 31.5. The van der Waals surface area contributed by atoms with E-state index in [0.717, 1.165) is 4.68 Å². The van der Waals surface area contributed by atoms with Crippen LogP contribution >= 0.6 is 37.0 Å². The lowest BCUT2D eigenvalue weighted by Crippen LogP contribution is -2.21. The number of benzene rings is 1. The van der Waals surface area contributed by atoms with Gasteiger partial charge in [-0.2, -0.15) is 5.10 Å². The molecule has 3 aromatic rings. The summed E-state index contributed by atoms with van der Waals surface area (Å²) in [6.07, 6.45) is -2.39. The Balaban J connectivity index is 1.55. The molecule has 1 aliphatic rings. The van der Waals surface area contributed by atoms with E-state index in [1.165, 1.54) is 19.2 Å². The van der Waals surface area contributed by atoms with Gasteiger partial charge in [0.1, 0.15) is 22.0 Å². The van der Waals surface area contributed by atoms with Gasteiger partial charge in [0.05, 0.1) is 36.0 Å². The van der Waals surface area contributed by atoms with Gasteiger partial charge in [-0.1, -0.05) is 37.1 Å². The van der Waals surface area contributed by atoms with Crippen molar-refractivity contribution >= 4 is 53.7 Å². The maximum absolute atomic E-state index is 14.5. The lowest BCUT2D eigenvalue weighted by Gasteiger charge is -2.40. The maximum Gasteiger partial charge on any atom is 0.340 e. The Kier molecular flexibility index (Phi) is 8.11. The highest BCUT2D eigenvalue weighted by Gasteiger charge is 2.65. The van der Waals surface area contributed by atoms with Crippen molar-refractivity contribution in [3.63, 3.8) is 0 Å². The van der Waals surface area contributed by atoms with Crippen LogP contribution in [0.25, 0.3) is 11.0 Å². The van der Waals surface area contributed by atoms with Crippen LogP contribution in [0, 0.1) is 5.82 Å². The maximum atomic E-state index is 14.5. The fourth-order valence-electron chi connectivity index (χ4n) is 4.23. The highest BCUT2D eigenvalue weighted by Crippen LogP contribution is 3.02. The molecular formula is C20H23ClF6N4O8P2S. The Bertz CT molecular complexity index is 1630. The van der Waals surface area contributed by atoms with Gasteiger partial charge in [-0.15, -0.1) is 0 Å². The third-order valence-electron chi connectivity index (χ3n) is 6.02. The van der Waals surface area contributed by atoms with Crippen LogP contribution in [0.1, 0.15) is 31.2 Å². The normalized spacial score (nSPS) is 23.8. The van der Waals surface area contributed by atoms with Crippen LogP contribution in [0.15, 0.2) is 35.4 Å². The van der Waals surface area contributed by atoms with Crippen LogP contribution in [-0.2, 0) is 18.4 Å². The van der Waals surface area contributed by atoms with Gasteiger partial charge < -0.3 is 34.4 Å². The van der Waals surface area contributed by atoms with Crippen molar-refractivity contribution < 1.29 is 62.0 Å². The van der Waals surface area contributed by atoms with Gasteiger partial charge in [-0.25, -0.2) is 14.1 Å². The van der Waals surface area contributed by atoms with Crippen molar-refractivity contribution in [2.24, 2.45) is 0 Å². The first-order valence-corrected chi connectivity index (χ1v) is 17.5. The summed E-state index contributed by atoms with van der Waals surface area (Å²) in [6, 6.07) is 0.616. The van der Waals surface area contributed by atoms with Gasteiger partial charge in [0.2, 0.25) is 0 Å². The highest BCUT2D eigenvalue weighted by atomic mass is 35.5. The van der Waals surface area contributed by atoms with E-state index in [4.69, 9.17) is 30.6 Å². The van der Waals surface area contributed by atoms with Gasteiger partial charge in [0, 0.05) is 12.0 Å². The van der Waals surface area contributed by atoms with Gasteiger partial charge in [0.25, 0.3) is 0 Å².